The second-order valence-corrected chi connectivity index (χ2v) is 5.85. The monoisotopic (exact) mass is 309 g/mol. The molecule has 0 saturated heterocycles. The maximum Gasteiger partial charge on any atom is 0.322 e. The van der Waals surface area contributed by atoms with Crippen LogP contribution < -0.4 is 5.32 Å². The lowest BCUT2D eigenvalue weighted by Crippen LogP contribution is -2.28. The van der Waals surface area contributed by atoms with Crippen LogP contribution in [0, 0.1) is 0 Å². The van der Waals surface area contributed by atoms with E-state index in [1.54, 1.807) is 0 Å². The van der Waals surface area contributed by atoms with Crippen molar-refractivity contribution in [2.75, 3.05) is 6.54 Å². The van der Waals surface area contributed by atoms with E-state index in [-0.39, 0.29) is 12.5 Å². The van der Waals surface area contributed by atoms with Crippen molar-refractivity contribution in [3.05, 3.63) is 59.2 Å². The molecule has 2 N–H and O–H groups in total. The molecule has 2 aromatic carbocycles. The first-order chi connectivity index (χ1) is 11.1. The summed E-state index contributed by atoms with van der Waals surface area (Å²) >= 11 is 0. The molecule has 0 bridgehead atoms. The third kappa shape index (κ3) is 3.59. The summed E-state index contributed by atoms with van der Waals surface area (Å²) in [4.78, 5) is 21.9. The Balaban J connectivity index is 1.59. The van der Waals surface area contributed by atoms with Crippen LogP contribution in [0.5, 0.6) is 0 Å². The molecule has 2 aromatic rings. The number of rotatable bonds is 6. The third-order valence-corrected chi connectivity index (χ3v) is 4.17. The molecule has 0 fully saturated rings. The van der Waals surface area contributed by atoms with Crippen molar-refractivity contribution in [2.45, 2.75) is 25.7 Å². The number of carboxylic acid groups (broad SMARTS) is 1. The molecule has 23 heavy (non-hydrogen) atoms. The molecule has 1 aliphatic carbocycles. The molecule has 4 heteroatoms. The average molecular weight is 309 g/mol. The molecule has 0 aliphatic heterocycles. The van der Waals surface area contributed by atoms with Gasteiger partial charge in [-0.2, -0.15) is 0 Å². The van der Waals surface area contributed by atoms with E-state index >= 15 is 0 Å². The lowest BCUT2D eigenvalue weighted by atomic mass is 10.00. The van der Waals surface area contributed by atoms with E-state index < -0.39 is 5.97 Å². The molecular weight excluding hydrogens is 290 g/mol. The SMILES string of the molecule is O=C(O)CNC(=O)CCCc1ccc2c(c1)-c1ccccc1C2. The minimum Gasteiger partial charge on any atom is -0.480 e. The van der Waals surface area contributed by atoms with Crippen LogP contribution in [0.1, 0.15) is 29.5 Å². The molecular formula is C19H19NO3. The fourth-order valence-corrected chi connectivity index (χ4v) is 3.04. The normalized spacial score (nSPS) is 11.7. The number of benzene rings is 2. The van der Waals surface area contributed by atoms with Gasteiger partial charge in [0, 0.05) is 6.42 Å². The Kier molecular flexibility index (Phi) is 4.42. The highest BCUT2D eigenvalue weighted by Crippen LogP contribution is 2.36. The molecule has 0 saturated carbocycles. The highest BCUT2D eigenvalue weighted by Gasteiger charge is 2.17. The van der Waals surface area contributed by atoms with Gasteiger partial charge >= 0.3 is 5.97 Å². The third-order valence-electron chi connectivity index (χ3n) is 4.17. The fourth-order valence-electron chi connectivity index (χ4n) is 3.04. The van der Waals surface area contributed by atoms with Crippen LogP contribution in [0.3, 0.4) is 0 Å². The number of carbonyl (C=O) groups is 2. The summed E-state index contributed by atoms with van der Waals surface area (Å²) in [7, 11) is 0. The number of nitrogens with one attached hydrogen (secondary N) is 1. The van der Waals surface area contributed by atoms with Crippen LogP contribution in [0.15, 0.2) is 42.5 Å². The minimum atomic E-state index is -1.02. The van der Waals surface area contributed by atoms with Gasteiger partial charge in [-0.15, -0.1) is 0 Å². The van der Waals surface area contributed by atoms with E-state index in [9.17, 15) is 9.59 Å². The predicted molar refractivity (Wildman–Crippen MR) is 88.3 cm³/mol. The Morgan fingerprint density at radius 3 is 2.65 bits per heavy atom. The first kappa shape index (κ1) is 15.3. The number of aryl methyl sites for hydroxylation is 1. The van der Waals surface area contributed by atoms with Crippen LogP contribution in [-0.4, -0.2) is 23.5 Å². The zero-order chi connectivity index (χ0) is 16.2. The Bertz CT molecular complexity index is 752. The molecule has 118 valence electrons. The molecule has 0 atom stereocenters. The van der Waals surface area contributed by atoms with E-state index in [2.05, 4.69) is 47.8 Å². The fraction of sp³-hybridized carbons (Fsp3) is 0.263. The Morgan fingerprint density at radius 2 is 1.83 bits per heavy atom. The number of carbonyl (C=O) groups excluding carboxylic acids is 1. The van der Waals surface area contributed by atoms with Gasteiger partial charge in [-0.25, -0.2) is 0 Å². The number of carboxylic acids is 1. The van der Waals surface area contributed by atoms with Crippen molar-refractivity contribution in [3.8, 4) is 11.1 Å². The van der Waals surface area contributed by atoms with Crippen molar-refractivity contribution in [2.24, 2.45) is 0 Å². The Morgan fingerprint density at radius 1 is 1.04 bits per heavy atom. The van der Waals surface area contributed by atoms with Gasteiger partial charge in [-0.05, 0) is 47.1 Å². The van der Waals surface area contributed by atoms with E-state index in [1.165, 1.54) is 27.8 Å². The van der Waals surface area contributed by atoms with Gasteiger partial charge in [0.2, 0.25) is 5.91 Å². The lowest BCUT2D eigenvalue weighted by Gasteiger charge is -2.06. The van der Waals surface area contributed by atoms with Gasteiger partial charge in [0.15, 0.2) is 0 Å². The van der Waals surface area contributed by atoms with Crippen molar-refractivity contribution < 1.29 is 14.7 Å². The summed E-state index contributed by atoms with van der Waals surface area (Å²) in [6.07, 6.45) is 2.87. The summed E-state index contributed by atoms with van der Waals surface area (Å²) in [6, 6.07) is 15.0. The van der Waals surface area contributed by atoms with E-state index in [0.717, 1.165) is 12.8 Å². The number of amides is 1. The van der Waals surface area contributed by atoms with Crippen LogP contribution in [-0.2, 0) is 22.4 Å². The molecule has 3 rings (SSSR count). The van der Waals surface area contributed by atoms with Gasteiger partial charge in [-0.1, -0.05) is 42.5 Å². The molecule has 0 spiro atoms. The standard InChI is InChI=1S/C19H19NO3/c21-18(20-12-19(22)23)7-3-4-13-8-9-15-11-14-5-1-2-6-16(14)17(15)10-13/h1-2,5-6,8-10H,3-4,7,11-12H2,(H,20,21)(H,22,23). The van der Waals surface area contributed by atoms with Gasteiger partial charge in [0.25, 0.3) is 0 Å². The Labute approximate surface area is 135 Å². The smallest absolute Gasteiger partial charge is 0.322 e. The van der Waals surface area contributed by atoms with Gasteiger partial charge in [-0.3, -0.25) is 9.59 Å². The van der Waals surface area contributed by atoms with Crippen LogP contribution >= 0.6 is 0 Å². The van der Waals surface area contributed by atoms with Gasteiger partial charge in [0.1, 0.15) is 6.54 Å². The zero-order valence-corrected chi connectivity index (χ0v) is 12.8. The first-order valence-corrected chi connectivity index (χ1v) is 7.82. The summed E-state index contributed by atoms with van der Waals surface area (Å²) in [5.41, 5.74) is 6.55. The lowest BCUT2D eigenvalue weighted by molar-refractivity contribution is -0.137. The van der Waals surface area contributed by atoms with E-state index in [0.29, 0.717) is 12.8 Å². The molecule has 1 aliphatic rings. The molecule has 0 unspecified atom stereocenters. The molecule has 4 nitrogen and oxygen atoms in total. The summed E-state index contributed by atoms with van der Waals surface area (Å²) < 4.78 is 0. The van der Waals surface area contributed by atoms with Crippen molar-refractivity contribution in [3.63, 3.8) is 0 Å². The highest BCUT2D eigenvalue weighted by molar-refractivity contribution is 5.81. The van der Waals surface area contributed by atoms with Gasteiger partial charge < -0.3 is 10.4 Å². The molecule has 0 radical (unpaired) electrons. The van der Waals surface area contributed by atoms with Crippen molar-refractivity contribution >= 4 is 11.9 Å². The topological polar surface area (TPSA) is 66.4 Å². The van der Waals surface area contributed by atoms with Crippen LogP contribution in [0.25, 0.3) is 11.1 Å². The average Bonchev–Trinajstić information content (AvgIpc) is 2.91. The largest absolute Gasteiger partial charge is 0.480 e. The predicted octanol–water partition coefficient (Wildman–Crippen LogP) is 2.78. The maximum absolute atomic E-state index is 11.5. The first-order valence-electron chi connectivity index (χ1n) is 7.82. The molecule has 0 heterocycles. The molecule has 1 amide bonds. The van der Waals surface area contributed by atoms with Gasteiger partial charge in [0.05, 0.1) is 0 Å². The zero-order valence-electron chi connectivity index (χ0n) is 12.8. The quantitative estimate of drug-likeness (QED) is 0.736. The second kappa shape index (κ2) is 6.65. The number of hydrogen-bond donors (Lipinski definition) is 2. The Hall–Kier alpha value is -2.62. The summed E-state index contributed by atoms with van der Waals surface area (Å²) in [6.45, 7) is -0.311. The van der Waals surface area contributed by atoms with Crippen LogP contribution in [0.2, 0.25) is 0 Å². The maximum atomic E-state index is 11.5. The number of hydrogen-bond acceptors (Lipinski definition) is 2. The van der Waals surface area contributed by atoms with E-state index in [4.69, 9.17) is 5.11 Å². The summed E-state index contributed by atoms with van der Waals surface area (Å²) in [5.74, 6) is -1.23. The number of fused-ring (bicyclic) bond motifs is 3. The van der Waals surface area contributed by atoms with Crippen molar-refractivity contribution in [1.29, 1.82) is 0 Å². The van der Waals surface area contributed by atoms with Crippen LogP contribution in [0.4, 0.5) is 0 Å². The van der Waals surface area contributed by atoms with E-state index in [1.807, 2.05) is 0 Å². The van der Waals surface area contributed by atoms with Crippen molar-refractivity contribution in [1.82, 2.24) is 5.32 Å². The second-order valence-electron chi connectivity index (χ2n) is 5.85. The molecule has 0 aromatic heterocycles. The highest BCUT2D eigenvalue weighted by atomic mass is 16.4. The number of aliphatic carboxylic acids is 1. The summed E-state index contributed by atoms with van der Waals surface area (Å²) in [5, 5.41) is 10.9. The minimum absolute atomic E-state index is 0.209.